The number of nitrogens with two attached hydrogens (primary N) is 1. The third-order valence-corrected chi connectivity index (χ3v) is 2.88. The first-order valence-corrected chi connectivity index (χ1v) is 6.13. The zero-order valence-corrected chi connectivity index (χ0v) is 11.0. The first-order chi connectivity index (χ1) is 9.10. The van der Waals surface area contributed by atoms with E-state index < -0.39 is 0 Å². The molecule has 0 radical (unpaired) electrons. The zero-order chi connectivity index (χ0) is 13.8. The van der Waals surface area contributed by atoms with E-state index in [2.05, 4.69) is 36.3 Å². The van der Waals surface area contributed by atoms with Gasteiger partial charge in [0.1, 0.15) is 11.9 Å². The van der Waals surface area contributed by atoms with Crippen LogP contribution in [0.5, 0.6) is 0 Å². The van der Waals surface area contributed by atoms with E-state index in [1.165, 1.54) is 5.56 Å². The van der Waals surface area contributed by atoms with Crippen molar-refractivity contribution in [2.24, 2.45) is 0 Å². The SMILES string of the molecule is CC(C)c1ccc(Nc2ccc(N)c(C#N)n2)cc1. The van der Waals surface area contributed by atoms with Crippen LogP contribution in [0.2, 0.25) is 0 Å². The zero-order valence-electron chi connectivity index (χ0n) is 11.0. The summed E-state index contributed by atoms with van der Waals surface area (Å²) in [6.45, 7) is 4.31. The van der Waals surface area contributed by atoms with Crippen LogP contribution in [0.25, 0.3) is 0 Å². The molecule has 1 aromatic heterocycles. The van der Waals surface area contributed by atoms with Gasteiger partial charge in [0.2, 0.25) is 0 Å². The summed E-state index contributed by atoms with van der Waals surface area (Å²) in [5, 5.41) is 12.0. The minimum Gasteiger partial charge on any atom is -0.396 e. The van der Waals surface area contributed by atoms with Crippen molar-refractivity contribution < 1.29 is 0 Å². The van der Waals surface area contributed by atoms with Gasteiger partial charge in [-0.1, -0.05) is 26.0 Å². The molecular weight excluding hydrogens is 236 g/mol. The Balaban J connectivity index is 2.19. The van der Waals surface area contributed by atoms with Gasteiger partial charge in [0.15, 0.2) is 5.69 Å². The predicted molar refractivity (Wildman–Crippen MR) is 77.2 cm³/mol. The number of nitrogens with one attached hydrogen (secondary N) is 1. The third kappa shape index (κ3) is 3.02. The van der Waals surface area contributed by atoms with E-state index in [0.29, 0.717) is 17.4 Å². The predicted octanol–water partition coefficient (Wildman–Crippen LogP) is 3.40. The fourth-order valence-electron chi connectivity index (χ4n) is 1.73. The molecule has 0 spiro atoms. The van der Waals surface area contributed by atoms with E-state index >= 15 is 0 Å². The molecule has 1 aromatic carbocycles. The van der Waals surface area contributed by atoms with Crippen molar-refractivity contribution in [2.45, 2.75) is 19.8 Å². The van der Waals surface area contributed by atoms with Crippen LogP contribution in [0.4, 0.5) is 17.2 Å². The Morgan fingerprint density at radius 1 is 1.16 bits per heavy atom. The second-order valence-electron chi connectivity index (χ2n) is 4.65. The molecule has 0 bridgehead atoms. The number of benzene rings is 1. The van der Waals surface area contributed by atoms with E-state index in [9.17, 15) is 0 Å². The molecule has 96 valence electrons. The second kappa shape index (κ2) is 5.40. The highest BCUT2D eigenvalue weighted by atomic mass is 15.0. The Bertz CT molecular complexity index is 609. The van der Waals surface area contributed by atoms with Crippen LogP contribution in [0.3, 0.4) is 0 Å². The molecule has 4 heteroatoms. The van der Waals surface area contributed by atoms with Crippen LogP contribution in [0.15, 0.2) is 36.4 Å². The van der Waals surface area contributed by atoms with Crippen molar-refractivity contribution in [1.29, 1.82) is 5.26 Å². The second-order valence-corrected chi connectivity index (χ2v) is 4.65. The fourth-order valence-corrected chi connectivity index (χ4v) is 1.73. The van der Waals surface area contributed by atoms with Gasteiger partial charge in [0, 0.05) is 5.69 Å². The standard InChI is InChI=1S/C15H16N4/c1-10(2)11-3-5-12(6-4-11)18-15-8-7-13(17)14(9-16)19-15/h3-8,10H,17H2,1-2H3,(H,18,19). The topological polar surface area (TPSA) is 74.7 Å². The molecule has 3 N–H and O–H groups in total. The third-order valence-electron chi connectivity index (χ3n) is 2.88. The van der Waals surface area contributed by atoms with Gasteiger partial charge in [0.05, 0.1) is 5.69 Å². The highest BCUT2D eigenvalue weighted by molar-refractivity contribution is 5.61. The molecule has 0 atom stereocenters. The molecule has 0 fully saturated rings. The number of nitrogens with zero attached hydrogens (tertiary/aromatic N) is 2. The monoisotopic (exact) mass is 252 g/mol. The van der Waals surface area contributed by atoms with Crippen LogP contribution < -0.4 is 11.1 Å². The summed E-state index contributed by atoms with van der Waals surface area (Å²) in [7, 11) is 0. The first kappa shape index (κ1) is 12.9. The molecule has 0 amide bonds. The summed E-state index contributed by atoms with van der Waals surface area (Å²) in [5.74, 6) is 1.12. The van der Waals surface area contributed by atoms with Gasteiger partial charge < -0.3 is 11.1 Å². The Hall–Kier alpha value is -2.54. The summed E-state index contributed by atoms with van der Waals surface area (Å²) >= 11 is 0. The molecule has 2 aromatic rings. The number of nitrogen functional groups attached to an aromatic ring is 1. The molecule has 4 nitrogen and oxygen atoms in total. The lowest BCUT2D eigenvalue weighted by molar-refractivity contribution is 0.867. The van der Waals surface area contributed by atoms with Crippen molar-refractivity contribution >= 4 is 17.2 Å². The summed E-state index contributed by atoms with van der Waals surface area (Å²) in [6, 6.07) is 13.6. The number of pyridine rings is 1. The van der Waals surface area contributed by atoms with Crippen molar-refractivity contribution in [2.75, 3.05) is 11.1 Å². The molecule has 1 heterocycles. The number of anilines is 3. The first-order valence-electron chi connectivity index (χ1n) is 6.13. The van der Waals surface area contributed by atoms with Crippen LogP contribution >= 0.6 is 0 Å². The summed E-state index contributed by atoms with van der Waals surface area (Å²) in [5.41, 5.74) is 8.49. The molecule has 0 aliphatic carbocycles. The highest BCUT2D eigenvalue weighted by Crippen LogP contribution is 2.20. The Labute approximate surface area is 112 Å². The van der Waals surface area contributed by atoms with Gasteiger partial charge in [0.25, 0.3) is 0 Å². The molecule has 0 saturated carbocycles. The number of rotatable bonds is 3. The van der Waals surface area contributed by atoms with Crippen LogP contribution in [0.1, 0.15) is 31.0 Å². The normalized spacial score (nSPS) is 10.2. The van der Waals surface area contributed by atoms with E-state index in [0.717, 1.165) is 5.69 Å². The van der Waals surface area contributed by atoms with Crippen molar-refractivity contribution in [3.8, 4) is 6.07 Å². The van der Waals surface area contributed by atoms with Gasteiger partial charge in [-0.2, -0.15) is 5.26 Å². The molecule has 0 aliphatic rings. The smallest absolute Gasteiger partial charge is 0.165 e. The maximum atomic E-state index is 8.89. The highest BCUT2D eigenvalue weighted by Gasteiger charge is 2.03. The molecule has 0 aliphatic heterocycles. The number of aromatic nitrogens is 1. The van der Waals surface area contributed by atoms with Crippen LogP contribution in [-0.4, -0.2) is 4.98 Å². The van der Waals surface area contributed by atoms with Gasteiger partial charge in [-0.05, 0) is 35.7 Å². The largest absolute Gasteiger partial charge is 0.396 e. The lowest BCUT2D eigenvalue weighted by Crippen LogP contribution is -1.99. The number of nitriles is 1. The van der Waals surface area contributed by atoms with Gasteiger partial charge in [-0.3, -0.25) is 0 Å². The number of hydrogen-bond acceptors (Lipinski definition) is 4. The number of hydrogen-bond donors (Lipinski definition) is 2. The summed E-state index contributed by atoms with van der Waals surface area (Å²) < 4.78 is 0. The Kier molecular flexibility index (Phi) is 3.67. The average molecular weight is 252 g/mol. The van der Waals surface area contributed by atoms with Gasteiger partial charge >= 0.3 is 0 Å². The van der Waals surface area contributed by atoms with Crippen LogP contribution in [0, 0.1) is 11.3 Å². The lowest BCUT2D eigenvalue weighted by Gasteiger charge is -2.09. The minimum absolute atomic E-state index is 0.240. The summed E-state index contributed by atoms with van der Waals surface area (Å²) in [6.07, 6.45) is 0. The maximum absolute atomic E-state index is 8.89. The van der Waals surface area contributed by atoms with Gasteiger partial charge in [-0.25, -0.2) is 4.98 Å². The van der Waals surface area contributed by atoms with Crippen molar-refractivity contribution in [3.63, 3.8) is 0 Å². The van der Waals surface area contributed by atoms with E-state index in [-0.39, 0.29) is 5.69 Å². The Morgan fingerprint density at radius 2 is 1.84 bits per heavy atom. The molecule has 0 unspecified atom stereocenters. The van der Waals surface area contributed by atoms with Crippen molar-refractivity contribution in [1.82, 2.24) is 4.98 Å². The van der Waals surface area contributed by atoms with Crippen molar-refractivity contribution in [3.05, 3.63) is 47.7 Å². The lowest BCUT2D eigenvalue weighted by atomic mass is 10.0. The van der Waals surface area contributed by atoms with E-state index in [1.807, 2.05) is 18.2 Å². The van der Waals surface area contributed by atoms with Crippen LogP contribution in [-0.2, 0) is 0 Å². The average Bonchev–Trinajstić information content (AvgIpc) is 2.41. The quantitative estimate of drug-likeness (QED) is 0.877. The maximum Gasteiger partial charge on any atom is 0.165 e. The van der Waals surface area contributed by atoms with E-state index in [4.69, 9.17) is 11.0 Å². The molecular formula is C15H16N4. The minimum atomic E-state index is 0.240. The molecule has 0 saturated heterocycles. The molecule has 2 rings (SSSR count). The molecule has 19 heavy (non-hydrogen) atoms. The van der Waals surface area contributed by atoms with Gasteiger partial charge in [-0.15, -0.1) is 0 Å². The Morgan fingerprint density at radius 3 is 2.42 bits per heavy atom. The summed E-state index contributed by atoms with van der Waals surface area (Å²) in [4.78, 5) is 4.15. The fraction of sp³-hybridized carbons (Fsp3) is 0.200. The van der Waals surface area contributed by atoms with E-state index in [1.54, 1.807) is 12.1 Å².